The lowest BCUT2D eigenvalue weighted by atomic mass is 9.45. The summed E-state index contributed by atoms with van der Waals surface area (Å²) in [7, 11) is 0. The van der Waals surface area contributed by atoms with Crippen LogP contribution in [0.1, 0.15) is 113 Å². The second-order valence-electron chi connectivity index (χ2n) is 12.6. The van der Waals surface area contributed by atoms with Crippen LogP contribution in [-0.4, -0.2) is 34.4 Å². The van der Waals surface area contributed by atoms with Crippen molar-refractivity contribution in [2.24, 2.45) is 22.7 Å². The molecular formula is C32H51BrO4. The summed E-state index contributed by atoms with van der Waals surface area (Å²) in [4.78, 5) is 24.5. The van der Waals surface area contributed by atoms with Gasteiger partial charge < -0.3 is 9.84 Å². The third-order valence-electron chi connectivity index (χ3n) is 9.36. The van der Waals surface area contributed by atoms with Crippen LogP contribution in [-0.2, 0) is 14.3 Å². The number of carbonyl (C=O) groups is 2. The van der Waals surface area contributed by atoms with E-state index in [1.54, 1.807) is 0 Å². The van der Waals surface area contributed by atoms with Crippen molar-refractivity contribution >= 4 is 27.7 Å². The molecule has 0 aromatic heterocycles. The van der Waals surface area contributed by atoms with E-state index in [0.717, 1.165) is 57.8 Å². The Morgan fingerprint density at radius 3 is 2.22 bits per heavy atom. The molecule has 2 fully saturated rings. The van der Waals surface area contributed by atoms with E-state index < -0.39 is 5.60 Å². The zero-order valence-corrected chi connectivity index (χ0v) is 26.0. The number of aliphatic hydroxyl groups is 1. The van der Waals surface area contributed by atoms with Crippen molar-refractivity contribution in [3.05, 3.63) is 34.9 Å². The minimum atomic E-state index is -0.666. The van der Waals surface area contributed by atoms with Crippen LogP contribution in [0.4, 0.5) is 0 Å². The Kier molecular flexibility index (Phi) is 11.9. The molecule has 210 valence electrons. The molecule has 0 bridgehead atoms. The average Bonchev–Trinajstić information content (AvgIpc) is 2.81. The summed E-state index contributed by atoms with van der Waals surface area (Å²) in [6, 6.07) is 0. The molecule has 0 amide bonds. The Labute approximate surface area is 234 Å². The lowest BCUT2D eigenvalue weighted by molar-refractivity contribution is -0.177. The van der Waals surface area contributed by atoms with Crippen molar-refractivity contribution in [3.63, 3.8) is 0 Å². The van der Waals surface area contributed by atoms with Crippen LogP contribution in [0.3, 0.4) is 0 Å². The summed E-state index contributed by atoms with van der Waals surface area (Å²) >= 11 is 3.26. The van der Waals surface area contributed by atoms with E-state index in [0.29, 0.717) is 35.6 Å². The highest BCUT2D eigenvalue weighted by Crippen LogP contribution is 2.62. The molecule has 0 heterocycles. The van der Waals surface area contributed by atoms with Gasteiger partial charge >= 0.3 is 5.97 Å². The Morgan fingerprint density at radius 1 is 1.00 bits per heavy atom. The van der Waals surface area contributed by atoms with E-state index in [1.165, 1.54) is 11.1 Å². The molecule has 0 aliphatic heterocycles. The lowest BCUT2D eigenvalue weighted by Crippen LogP contribution is -2.59. The topological polar surface area (TPSA) is 63.6 Å². The molecule has 2 saturated carbocycles. The van der Waals surface area contributed by atoms with Crippen molar-refractivity contribution in [1.82, 2.24) is 0 Å². The Morgan fingerprint density at radius 2 is 1.59 bits per heavy atom. The zero-order chi connectivity index (χ0) is 27.9. The second-order valence-corrected chi connectivity index (χ2v) is 13.4. The summed E-state index contributed by atoms with van der Waals surface area (Å²) in [6.45, 7) is 15.2. The summed E-state index contributed by atoms with van der Waals surface area (Å²) in [6.07, 6.45) is 15.7. The van der Waals surface area contributed by atoms with E-state index in [2.05, 4.69) is 62.7 Å². The first-order chi connectivity index (χ1) is 17.3. The number of alkyl halides is 1. The van der Waals surface area contributed by atoms with Gasteiger partial charge in [-0.3, -0.25) is 4.79 Å². The van der Waals surface area contributed by atoms with Crippen molar-refractivity contribution in [1.29, 1.82) is 0 Å². The van der Waals surface area contributed by atoms with Gasteiger partial charge in [-0.1, -0.05) is 66.1 Å². The number of hydrogen-bond donors (Lipinski definition) is 1. The van der Waals surface area contributed by atoms with Crippen LogP contribution in [0.25, 0.3) is 0 Å². The molecule has 4 nitrogen and oxygen atoms in total. The van der Waals surface area contributed by atoms with Gasteiger partial charge in [-0.05, 0) is 103 Å². The molecule has 0 aromatic carbocycles. The standard InChI is InChI=1S/C32H51BrO4/c1-23(13-9-15-25(3)29(35)37-22-21-33)11-8-12-24(2)14-10-16-27-31(6)19-18-28(34)30(4,5)26(31)17-20-32(27,7)36/h11,14-15,26-27,36H,8-10,12-13,16-22H2,1-7H3/b23-11+,24-14+,25-15+/t26-,27+,31-,32+/m0/s1. The first kappa shape index (κ1) is 32.0. The first-order valence-corrected chi connectivity index (χ1v) is 15.3. The highest BCUT2D eigenvalue weighted by Gasteiger charge is 2.59. The minimum Gasteiger partial charge on any atom is -0.461 e. The summed E-state index contributed by atoms with van der Waals surface area (Å²) in [5.74, 6) is 0.726. The van der Waals surface area contributed by atoms with Gasteiger partial charge in [0, 0.05) is 22.7 Å². The third-order valence-corrected chi connectivity index (χ3v) is 9.69. The Bertz CT molecular complexity index is 894. The maximum atomic E-state index is 12.7. The van der Waals surface area contributed by atoms with Gasteiger partial charge in [-0.25, -0.2) is 4.79 Å². The number of fused-ring (bicyclic) bond motifs is 1. The number of rotatable bonds is 12. The van der Waals surface area contributed by atoms with Crippen LogP contribution < -0.4 is 0 Å². The molecule has 4 atom stereocenters. The Hall–Kier alpha value is -1.20. The fraction of sp³-hybridized carbons (Fsp3) is 0.750. The van der Waals surface area contributed by atoms with E-state index in [9.17, 15) is 14.7 Å². The molecule has 0 radical (unpaired) electrons. The van der Waals surface area contributed by atoms with Crippen molar-refractivity contribution in [2.45, 2.75) is 118 Å². The molecule has 0 unspecified atom stereocenters. The minimum absolute atomic E-state index is 0.0121. The van der Waals surface area contributed by atoms with Crippen molar-refractivity contribution in [2.75, 3.05) is 11.9 Å². The van der Waals surface area contributed by atoms with Gasteiger partial charge in [-0.2, -0.15) is 0 Å². The molecule has 5 heteroatoms. The molecular weight excluding hydrogens is 528 g/mol. The number of allylic oxidation sites excluding steroid dienone is 5. The van der Waals surface area contributed by atoms with Gasteiger partial charge in [0.25, 0.3) is 0 Å². The van der Waals surface area contributed by atoms with Crippen LogP contribution in [0.15, 0.2) is 34.9 Å². The number of hydrogen-bond acceptors (Lipinski definition) is 4. The molecule has 0 saturated heterocycles. The highest BCUT2D eigenvalue weighted by atomic mass is 79.9. The van der Waals surface area contributed by atoms with Crippen LogP contribution in [0.5, 0.6) is 0 Å². The summed E-state index contributed by atoms with van der Waals surface area (Å²) < 4.78 is 5.13. The predicted molar refractivity (Wildman–Crippen MR) is 157 cm³/mol. The van der Waals surface area contributed by atoms with E-state index in [1.807, 2.05) is 19.9 Å². The van der Waals surface area contributed by atoms with E-state index >= 15 is 0 Å². The molecule has 0 aromatic rings. The largest absolute Gasteiger partial charge is 0.461 e. The van der Waals surface area contributed by atoms with Crippen LogP contribution in [0.2, 0.25) is 0 Å². The van der Waals surface area contributed by atoms with Gasteiger partial charge in [0.15, 0.2) is 0 Å². The van der Waals surface area contributed by atoms with Gasteiger partial charge in [0.1, 0.15) is 12.4 Å². The third kappa shape index (κ3) is 8.39. The zero-order valence-electron chi connectivity index (χ0n) is 24.4. The molecule has 37 heavy (non-hydrogen) atoms. The highest BCUT2D eigenvalue weighted by molar-refractivity contribution is 9.09. The first-order valence-electron chi connectivity index (χ1n) is 14.2. The average molecular weight is 580 g/mol. The fourth-order valence-electron chi connectivity index (χ4n) is 7.06. The number of halogens is 1. The second kappa shape index (κ2) is 13.7. The van der Waals surface area contributed by atoms with Crippen LogP contribution >= 0.6 is 15.9 Å². The quantitative estimate of drug-likeness (QED) is 0.109. The maximum Gasteiger partial charge on any atom is 0.333 e. The molecule has 0 spiro atoms. The molecule has 2 aliphatic rings. The van der Waals surface area contributed by atoms with Crippen LogP contribution in [0, 0.1) is 22.7 Å². The maximum absolute atomic E-state index is 12.7. The predicted octanol–water partition coefficient (Wildman–Crippen LogP) is 8.28. The fourth-order valence-corrected chi connectivity index (χ4v) is 7.22. The normalized spacial score (nSPS) is 30.7. The van der Waals surface area contributed by atoms with Crippen molar-refractivity contribution in [3.8, 4) is 0 Å². The van der Waals surface area contributed by atoms with Gasteiger partial charge in [-0.15, -0.1) is 0 Å². The van der Waals surface area contributed by atoms with E-state index in [-0.39, 0.29) is 22.7 Å². The summed E-state index contributed by atoms with van der Waals surface area (Å²) in [5.41, 5.74) is 2.47. The van der Waals surface area contributed by atoms with Crippen molar-refractivity contribution < 1.29 is 19.4 Å². The number of esters is 1. The molecule has 1 N–H and O–H groups in total. The molecule has 2 rings (SSSR count). The number of carbonyl (C=O) groups excluding carboxylic acids is 2. The Balaban J connectivity index is 1.86. The number of ether oxygens (including phenoxy) is 1. The number of ketones is 1. The lowest BCUT2D eigenvalue weighted by Gasteiger charge is -2.60. The number of Topliss-reactive ketones (excluding diaryl/α,β-unsaturated/α-hetero) is 1. The molecule has 2 aliphatic carbocycles. The summed E-state index contributed by atoms with van der Waals surface area (Å²) in [5, 5.41) is 12.0. The smallest absolute Gasteiger partial charge is 0.333 e. The van der Waals surface area contributed by atoms with Gasteiger partial charge in [0.05, 0.1) is 5.60 Å². The monoisotopic (exact) mass is 578 g/mol. The SMILES string of the molecule is C/C(=C\CC/C(C)=C/CC[C@@H]1[C@@]2(C)CCC(=O)C(C)(C)[C@@H]2CC[C@@]1(C)O)CC/C=C(\C)C(=O)OCCBr. The van der Waals surface area contributed by atoms with Gasteiger partial charge in [0.2, 0.25) is 0 Å². The van der Waals surface area contributed by atoms with E-state index in [4.69, 9.17) is 4.74 Å².